The van der Waals surface area contributed by atoms with Crippen molar-refractivity contribution in [2.45, 2.75) is 66.6 Å². The van der Waals surface area contributed by atoms with Crippen molar-refractivity contribution >= 4 is 10.8 Å². The van der Waals surface area contributed by atoms with Gasteiger partial charge in [0.25, 0.3) is 0 Å². The Morgan fingerprint density at radius 1 is 1.00 bits per heavy atom. The predicted molar refractivity (Wildman–Crippen MR) is 68.2 cm³/mol. The van der Waals surface area contributed by atoms with Crippen LogP contribution in [0.3, 0.4) is 0 Å². The van der Waals surface area contributed by atoms with Crippen LogP contribution in [0.25, 0.3) is 0 Å². The van der Waals surface area contributed by atoms with Gasteiger partial charge in [-0.25, -0.2) is 0 Å². The first-order chi connectivity index (χ1) is 5.63. The summed E-state index contributed by atoms with van der Waals surface area (Å²) in [5.41, 5.74) is 0.377. The molecule has 14 heavy (non-hydrogen) atoms. The van der Waals surface area contributed by atoms with Gasteiger partial charge in [0.15, 0.2) is 0 Å². The molecule has 0 aliphatic carbocycles. The average Bonchev–Trinajstić information content (AvgIpc) is 1.82. The maximum atomic E-state index is 11.7. The molecule has 0 aliphatic heterocycles. The molecule has 0 aromatic carbocycles. The second-order valence-electron chi connectivity index (χ2n) is 5.83. The van der Waals surface area contributed by atoms with E-state index in [0.29, 0.717) is 5.41 Å². The molecule has 0 aromatic rings. The molecule has 0 heterocycles. The van der Waals surface area contributed by atoms with Gasteiger partial charge in [0, 0.05) is 21.3 Å². The van der Waals surface area contributed by atoms with E-state index in [-0.39, 0.29) is 12.2 Å². The van der Waals surface area contributed by atoms with Crippen molar-refractivity contribution in [3.8, 4) is 0 Å². The molecule has 1 atom stereocenters. The van der Waals surface area contributed by atoms with Crippen molar-refractivity contribution in [3.63, 3.8) is 0 Å². The normalized spacial score (nSPS) is 14.7. The summed E-state index contributed by atoms with van der Waals surface area (Å²) >= 11 is 0. The maximum absolute atomic E-state index is 11.7. The third kappa shape index (κ3) is 8.74. The summed E-state index contributed by atoms with van der Waals surface area (Å²) in [6, 6.07) is 0. The van der Waals surface area contributed by atoms with Crippen LogP contribution in [0.4, 0.5) is 0 Å². The zero-order valence-corrected chi connectivity index (χ0v) is 10.8. The fourth-order valence-corrected chi connectivity index (χ4v) is 2.06. The van der Waals surface area contributed by atoms with Gasteiger partial charge in [0.1, 0.15) is 0 Å². The number of rotatable bonds is 3. The van der Waals surface area contributed by atoms with E-state index in [0.717, 1.165) is 18.6 Å². The van der Waals surface area contributed by atoms with E-state index < -0.39 is 10.8 Å². The molecular weight excluding hydrogens is 192 g/mol. The van der Waals surface area contributed by atoms with Gasteiger partial charge >= 0.3 is 0 Å². The van der Waals surface area contributed by atoms with E-state index in [9.17, 15) is 4.21 Å². The summed E-state index contributed by atoms with van der Waals surface area (Å²) < 4.78 is 11.6. The topological polar surface area (TPSA) is 17.1 Å². The molecule has 0 spiro atoms. The van der Waals surface area contributed by atoms with Crippen LogP contribution in [0, 0.1) is 5.41 Å². The Hall–Kier alpha value is 0.150. The van der Waals surface area contributed by atoms with Crippen LogP contribution in [0.5, 0.6) is 0 Å². The van der Waals surface area contributed by atoms with Crippen LogP contribution < -0.4 is 0 Å². The molecule has 88 valence electrons. The SMILES string of the molecule is C.CC(C)(C)CCCS(=O)C(C)(C)C. The highest BCUT2D eigenvalue weighted by Crippen LogP contribution is 2.22. The molecule has 0 saturated heterocycles. The highest BCUT2D eigenvalue weighted by Gasteiger charge is 2.19. The Kier molecular flexibility index (Phi) is 6.98. The molecule has 0 saturated carbocycles. The van der Waals surface area contributed by atoms with Crippen LogP contribution in [0.15, 0.2) is 0 Å². The first-order valence-electron chi connectivity index (χ1n) is 5.01. The van der Waals surface area contributed by atoms with Crippen molar-refractivity contribution in [3.05, 3.63) is 0 Å². The molecule has 0 amide bonds. The maximum Gasteiger partial charge on any atom is 0.0375 e. The minimum absolute atomic E-state index is 0. The zero-order chi connectivity index (χ0) is 10.7. The Bertz CT molecular complexity index is 172. The van der Waals surface area contributed by atoms with Crippen LogP contribution in [0.2, 0.25) is 0 Å². The van der Waals surface area contributed by atoms with Crippen molar-refractivity contribution in [1.29, 1.82) is 0 Å². The van der Waals surface area contributed by atoms with Gasteiger partial charge in [-0.15, -0.1) is 0 Å². The molecule has 0 aromatic heterocycles. The third-order valence-electron chi connectivity index (χ3n) is 1.94. The minimum Gasteiger partial charge on any atom is -0.259 e. The van der Waals surface area contributed by atoms with Gasteiger partial charge in [-0.05, 0) is 39.0 Å². The van der Waals surface area contributed by atoms with Gasteiger partial charge in [0.2, 0.25) is 0 Å². The zero-order valence-electron chi connectivity index (χ0n) is 9.94. The molecule has 0 rings (SSSR count). The van der Waals surface area contributed by atoms with Gasteiger partial charge in [-0.3, -0.25) is 4.21 Å². The third-order valence-corrected chi connectivity index (χ3v) is 3.97. The van der Waals surface area contributed by atoms with Gasteiger partial charge in [-0.2, -0.15) is 0 Å². The fraction of sp³-hybridized carbons (Fsp3) is 1.00. The second-order valence-corrected chi connectivity index (χ2v) is 8.15. The molecule has 1 nitrogen and oxygen atoms in total. The average molecular weight is 220 g/mol. The molecular formula is C12H28OS. The monoisotopic (exact) mass is 220 g/mol. The van der Waals surface area contributed by atoms with E-state index in [2.05, 4.69) is 20.8 Å². The summed E-state index contributed by atoms with van der Waals surface area (Å²) in [7, 11) is -0.672. The highest BCUT2D eigenvalue weighted by molar-refractivity contribution is 7.86. The quantitative estimate of drug-likeness (QED) is 0.702. The molecule has 0 N–H and O–H groups in total. The van der Waals surface area contributed by atoms with Crippen molar-refractivity contribution in [1.82, 2.24) is 0 Å². The second kappa shape index (κ2) is 5.89. The van der Waals surface area contributed by atoms with Crippen LogP contribution >= 0.6 is 0 Å². The van der Waals surface area contributed by atoms with Crippen LogP contribution in [0.1, 0.15) is 61.8 Å². The lowest BCUT2D eigenvalue weighted by Crippen LogP contribution is -2.24. The van der Waals surface area contributed by atoms with E-state index in [1.165, 1.54) is 0 Å². The predicted octanol–water partition coefficient (Wildman–Crippen LogP) is 4.00. The van der Waals surface area contributed by atoms with E-state index in [1.54, 1.807) is 0 Å². The molecule has 0 radical (unpaired) electrons. The molecule has 0 fully saturated rings. The summed E-state index contributed by atoms with van der Waals surface area (Å²) in [6.07, 6.45) is 2.24. The summed E-state index contributed by atoms with van der Waals surface area (Å²) in [5, 5.41) is 0. The summed E-state index contributed by atoms with van der Waals surface area (Å²) in [4.78, 5) is 0. The molecule has 0 bridgehead atoms. The number of hydrogen-bond donors (Lipinski definition) is 0. The van der Waals surface area contributed by atoms with E-state index in [4.69, 9.17) is 0 Å². The molecule has 1 unspecified atom stereocenters. The van der Waals surface area contributed by atoms with E-state index >= 15 is 0 Å². The minimum atomic E-state index is -0.672. The lowest BCUT2D eigenvalue weighted by Gasteiger charge is -2.21. The van der Waals surface area contributed by atoms with Gasteiger partial charge in [0.05, 0.1) is 0 Å². The Morgan fingerprint density at radius 2 is 1.43 bits per heavy atom. The fourth-order valence-electron chi connectivity index (χ4n) is 1.04. The summed E-state index contributed by atoms with van der Waals surface area (Å²) in [5.74, 6) is 0.848. The molecule has 0 aliphatic rings. The van der Waals surface area contributed by atoms with Crippen molar-refractivity contribution in [2.24, 2.45) is 5.41 Å². The van der Waals surface area contributed by atoms with Gasteiger partial charge < -0.3 is 0 Å². The Morgan fingerprint density at radius 3 is 1.71 bits per heavy atom. The van der Waals surface area contributed by atoms with Crippen molar-refractivity contribution < 1.29 is 4.21 Å². The Balaban J connectivity index is 0. The standard InChI is InChI=1S/C11H24OS.CH4/c1-10(2,3)8-7-9-13(12)11(4,5)6;/h7-9H2,1-6H3;1H4. The smallest absolute Gasteiger partial charge is 0.0375 e. The number of hydrogen-bond acceptors (Lipinski definition) is 1. The first-order valence-corrected chi connectivity index (χ1v) is 6.33. The molecule has 2 heteroatoms. The Labute approximate surface area is 93.1 Å². The highest BCUT2D eigenvalue weighted by atomic mass is 32.2. The van der Waals surface area contributed by atoms with Crippen LogP contribution in [-0.2, 0) is 10.8 Å². The van der Waals surface area contributed by atoms with Gasteiger partial charge in [-0.1, -0.05) is 28.2 Å². The van der Waals surface area contributed by atoms with E-state index in [1.807, 2.05) is 20.8 Å². The lowest BCUT2D eigenvalue weighted by atomic mass is 9.91. The first kappa shape index (κ1) is 16.6. The van der Waals surface area contributed by atoms with Crippen LogP contribution in [-0.4, -0.2) is 14.7 Å². The largest absolute Gasteiger partial charge is 0.259 e. The lowest BCUT2D eigenvalue weighted by molar-refractivity contribution is 0.374. The van der Waals surface area contributed by atoms with Crippen molar-refractivity contribution in [2.75, 3.05) is 5.75 Å². The summed E-state index contributed by atoms with van der Waals surface area (Å²) in [6.45, 7) is 12.8.